The van der Waals surface area contributed by atoms with Crippen molar-refractivity contribution >= 4 is 22.1 Å². The zero-order valence-electron chi connectivity index (χ0n) is 27.4. The Balaban J connectivity index is -0.000000205. The Hall–Kier alpha value is -4.46. The van der Waals surface area contributed by atoms with Gasteiger partial charge in [0.05, 0.1) is 65.5 Å². The Morgan fingerprint density at radius 3 is 0.959 bits per heavy atom. The van der Waals surface area contributed by atoms with Crippen molar-refractivity contribution in [2.24, 2.45) is 14.1 Å². The van der Waals surface area contributed by atoms with Gasteiger partial charge < -0.3 is 14.5 Å². The SMILES string of the molecule is CC#N.CC#N.CC#N.CC#N.CC#N.Cn1c(CNCc2nc3ccccc3n2C)nc2ccccc21.[Ni+3].[O-][Cl+3]([O-])([O-])[O-].[O-][Cl+3]([O-])([O-])[O-]. The molecule has 4 aromatic rings. The van der Waals surface area contributed by atoms with Gasteiger partial charge in [-0.05, 0) is 24.3 Å². The molecule has 1 N–H and O–H groups in total. The largest absolute Gasteiger partial charge is 3.00 e. The summed E-state index contributed by atoms with van der Waals surface area (Å²) in [5, 5.41) is 40.1. The molecule has 0 unspecified atom stereocenters. The summed E-state index contributed by atoms with van der Waals surface area (Å²) in [4.78, 5) is 9.36. The van der Waals surface area contributed by atoms with E-state index < -0.39 is 20.5 Å². The predicted molar refractivity (Wildman–Crippen MR) is 148 cm³/mol. The molecule has 2 aromatic carbocycles. The average molecular weight is 768 g/mol. The van der Waals surface area contributed by atoms with Crippen molar-refractivity contribution in [3.63, 3.8) is 0 Å². The number of para-hydroxylation sites is 4. The summed E-state index contributed by atoms with van der Waals surface area (Å²) in [6.45, 7) is 8.59. The molecule has 2 aromatic heterocycles. The molecule has 1 radical (unpaired) electrons. The van der Waals surface area contributed by atoms with Crippen LogP contribution in [0.2, 0.25) is 0 Å². The van der Waals surface area contributed by atoms with Crippen molar-refractivity contribution in [2.45, 2.75) is 47.7 Å². The van der Waals surface area contributed by atoms with Crippen LogP contribution in [-0.4, -0.2) is 19.1 Å². The number of hydrogen-bond acceptors (Lipinski definition) is 16. The fourth-order valence-corrected chi connectivity index (χ4v) is 2.99. The van der Waals surface area contributed by atoms with Crippen LogP contribution in [0.3, 0.4) is 0 Å². The fraction of sp³-hybridized carbons (Fsp3) is 0.321. The number of nitrogens with one attached hydrogen (secondary N) is 1. The minimum atomic E-state index is -4.94. The van der Waals surface area contributed by atoms with Crippen molar-refractivity contribution in [1.29, 1.82) is 26.3 Å². The van der Waals surface area contributed by atoms with Crippen LogP contribution in [-0.2, 0) is 43.7 Å². The van der Waals surface area contributed by atoms with E-state index in [4.69, 9.17) is 63.6 Å². The molecular weight excluding hydrogens is 734 g/mol. The molecule has 0 atom stereocenters. The molecule has 0 aliphatic carbocycles. The molecular formula is C28H34Cl2N10NiO8+. The zero-order valence-corrected chi connectivity index (χ0v) is 29.9. The topological polar surface area (TPSA) is 351 Å². The number of halogens is 2. The maximum atomic E-state index is 8.49. The summed E-state index contributed by atoms with van der Waals surface area (Å²) >= 11 is 0. The standard InChI is InChI=1S/C18H19N5.5C2H3N.2ClHO4.Ni/c1-22-15-9-5-3-7-13(15)20-17(22)11-19-12-18-21-14-8-4-6-10-16(14)23(18)2;5*1-2-3;2*2-1(3,4)5;/h3-10,19H,11-12H2,1-2H3;5*1H3;2*(H,2,3,4,5);/q;;;;;;;;+3/p-2. The minimum absolute atomic E-state index is 0. The maximum absolute atomic E-state index is 8.49. The second-order valence-corrected chi connectivity index (χ2v) is 9.14. The van der Waals surface area contributed by atoms with Gasteiger partial charge >= 0.3 is 16.5 Å². The van der Waals surface area contributed by atoms with E-state index in [0.29, 0.717) is 13.1 Å². The van der Waals surface area contributed by atoms with Crippen LogP contribution in [0.4, 0.5) is 0 Å². The summed E-state index contributed by atoms with van der Waals surface area (Å²) < 4.78 is 72.2. The van der Waals surface area contributed by atoms with Gasteiger partial charge in [0.25, 0.3) is 0 Å². The third-order valence-corrected chi connectivity index (χ3v) is 4.33. The van der Waals surface area contributed by atoms with Crippen LogP contribution in [0.1, 0.15) is 46.3 Å². The summed E-state index contributed by atoms with van der Waals surface area (Å²) in [5.74, 6) is 2.06. The van der Waals surface area contributed by atoms with E-state index in [9.17, 15) is 0 Å². The summed E-state index contributed by atoms with van der Waals surface area (Å²) in [7, 11) is -5.77. The van der Waals surface area contributed by atoms with Gasteiger partial charge in [0.2, 0.25) is 0 Å². The average Bonchev–Trinajstić information content (AvgIpc) is 3.45. The Kier molecular flexibility index (Phi) is 35.4. The number of imidazole rings is 2. The van der Waals surface area contributed by atoms with Gasteiger partial charge in [0, 0.05) is 48.7 Å². The molecule has 267 valence electrons. The first-order valence-electron chi connectivity index (χ1n) is 12.6. The number of benzene rings is 2. The third-order valence-electron chi connectivity index (χ3n) is 4.33. The van der Waals surface area contributed by atoms with Gasteiger partial charge in [-0.25, -0.2) is 47.2 Å². The Bertz CT molecular complexity index is 1480. The Morgan fingerprint density at radius 1 is 0.551 bits per heavy atom. The molecule has 0 saturated carbocycles. The zero-order chi connectivity index (χ0) is 38.3. The van der Waals surface area contributed by atoms with Crippen LogP contribution in [0.15, 0.2) is 48.5 Å². The quantitative estimate of drug-likeness (QED) is 0.193. The smallest absolute Gasteiger partial charge is 0.330 e. The van der Waals surface area contributed by atoms with E-state index in [2.05, 4.69) is 50.6 Å². The summed E-state index contributed by atoms with van der Waals surface area (Å²) in [6.07, 6.45) is 0. The van der Waals surface area contributed by atoms with Crippen molar-refractivity contribution in [1.82, 2.24) is 24.4 Å². The molecule has 4 rings (SSSR count). The van der Waals surface area contributed by atoms with Crippen LogP contribution in [0, 0.1) is 77.1 Å². The first-order chi connectivity index (χ1) is 22.3. The number of aromatic nitrogens is 4. The molecule has 0 bridgehead atoms. The molecule has 18 nitrogen and oxygen atoms in total. The summed E-state index contributed by atoms with van der Waals surface area (Å²) in [6, 6.07) is 25.2. The van der Waals surface area contributed by atoms with Crippen molar-refractivity contribution in [2.75, 3.05) is 0 Å². The number of nitriles is 5. The number of aryl methyl sites for hydroxylation is 2. The minimum Gasteiger partial charge on any atom is -0.330 e. The van der Waals surface area contributed by atoms with E-state index in [1.165, 1.54) is 34.6 Å². The van der Waals surface area contributed by atoms with Gasteiger partial charge in [-0.2, -0.15) is 26.3 Å². The normalized spacial score (nSPS) is 8.69. The molecule has 21 heteroatoms. The molecule has 0 spiro atoms. The molecule has 49 heavy (non-hydrogen) atoms. The monoisotopic (exact) mass is 766 g/mol. The number of rotatable bonds is 4. The van der Waals surface area contributed by atoms with Crippen molar-refractivity contribution in [3.8, 4) is 30.3 Å². The van der Waals surface area contributed by atoms with Gasteiger partial charge in [-0.15, -0.1) is 20.5 Å². The van der Waals surface area contributed by atoms with Gasteiger partial charge in [-0.3, -0.25) is 0 Å². The molecule has 2 heterocycles. The van der Waals surface area contributed by atoms with Crippen molar-refractivity contribution < 1.29 is 74.2 Å². The van der Waals surface area contributed by atoms with E-state index in [1.54, 1.807) is 30.3 Å². The van der Waals surface area contributed by atoms with Crippen LogP contribution in [0.25, 0.3) is 22.1 Å². The number of fused-ring (bicyclic) bond motifs is 2. The van der Waals surface area contributed by atoms with Gasteiger partial charge in [0.15, 0.2) is 0 Å². The Labute approximate surface area is 298 Å². The van der Waals surface area contributed by atoms with E-state index >= 15 is 0 Å². The first kappa shape index (κ1) is 54.0. The second-order valence-electron chi connectivity index (χ2n) is 7.63. The second kappa shape index (κ2) is 32.1. The molecule has 0 aliphatic rings. The molecule has 0 amide bonds. The van der Waals surface area contributed by atoms with Crippen molar-refractivity contribution in [3.05, 3.63) is 60.2 Å². The van der Waals surface area contributed by atoms with Crippen LogP contribution < -0.4 is 42.6 Å². The van der Waals surface area contributed by atoms with Gasteiger partial charge in [-0.1, -0.05) is 24.3 Å². The Morgan fingerprint density at radius 2 is 0.755 bits per heavy atom. The molecule has 0 aliphatic heterocycles. The van der Waals surface area contributed by atoms with E-state index in [-0.39, 0.29) is 16.5 Å². The fourth-order valence-electron chi connectivity index (χ4n) is 2.99. The van der Waals surface area contributed by atoms with Crippen LogP contribution in [0.5, 0.6) is 0 Å². The van der Waals surface area contributed by atoms with Gasteiger partial charge in [0.1, 0.15) is 11.6 Å². The van der Waals surface area contributed by atoms with E-state index in [0.717, 1.165) is 33.7 Å². The van der Waals surface area contributed by atoms with E-state index in [1.807, 2.05) is 36.4 Å². The van der Waals surface area contributed by atoms with Crippen LogP contribution >= 0.6 is 0 Å². The maximum Gasteiger partial charge on any atom is 3.00 e. The first-order valence-corrected chi connectivity index (χ1v) is 15.1. The predicted octanol–water partition coefficient (Wildman–Crippen LogP) is -4.12. The number of nitrogens with zero attached hydrogens (tertiary/aromatic N) is 9. The number of hydrogen-bond donors (Lipinski definition) is 1. The molecule has 0 fully saturated rings. The third kappa shape index (κ3) is 33.2. The molecule has 0 saturated heterocycles. The summed E-state index contributed by atoms with van der Waals surface area (Å²) in [5.41, 5.74) is 4.39.